The normalized spacial score (nSPS) is 11.1. The Balaban J connectivity index is 1.56. The fraction of sp³-hybridized carbons (Fsp3) is 0.0588. The molecule has 0 aliphatic rings. The number of para-hydroxylation sites is 1. The molecule has 0 unspecified atom stereocenters. The maximum atomic E-state index is 11.8. The zero-order valence-electron chi connectivity index (χ0n) is 12.4. The molecule has 0 bridgehead atoms. The fourth-order valence-electron chi connectivity index (χ4n) is 2.15. The number of benzene rings is 2. The standard InChI is InChI=1S/C17H13Cl2N3O2/c18-13-5-3-7-15(17(13)19)24-10-16(23)22-21-9-11-8-20-14-6-2-1-4-12(11)14/h1-9,20H,10H2,(H,22,23)/b21-9-. The molecule has 0 atom stereocenters. The van der Waals surface area contributed by atoms with E-state index in [1.807, 2.05) is 30.5 Å². The third kappa shape index (κ3) is 3.69. The number of nitrogens with zero attached hydrogens (tertiary/aromatic N) is 1. The van der Waals surface area contributed by atoms with Crippen LogP contribution in [0.4, 0.5) is 0 Å². The summed E-state index contributed by atoms with van der Waals surface area (Å²) < 4.78 is 5.33. The Hall–Kier alpha value is -2.50. The third-order valence-corrected chi connectivity index (χ3v) is 4.09. The minimum absolute atomic E-state index is 0.217. The van der Waals surface area contributed by atoms with Gasteiger partial charge >= 0.3 is 0 Å². The van der Waals surface area contributed by atoms with Crippen molar-refractivity contribution in [3.8, 4) is 5.75 Å². The summed E-state index contributed by atoms with van der Waals surface area (Å²) in [6, 6.07) is 12.8. The van der Waals surface area contributed by atoms with Gasteiger partial charge in [-0.15, -0.1) is 0 Å². The summed E-state index contributed by atoms with van der Waals surface area (Å²) in [6.07, 6.45) is 3.39. The minimum Gasteiger partial charge on any atom is -0.482 e. The number of halogens is 2. The Morgan fingerprint density at radius 1 is 1.21 bits per heavy atom. The van der Waals surface area contributed by atoms with Gasteiger partial charge in [-0.2, -0.15) is 5.10 Å². The highest BCUT2D eigenvalue weighted by Crippen LogP contribution is 2.31. The number of hydrazone groups is 1. The second-order valence-corrected chi connectivity index (χ2v) is 5.71. The average Bonchev–Trinajstić information content (AvgIpc) is 3.00. The van der Waals surface area contributed by atoms with Gasteiger partial charge in [0.05, 0.1) is 11.2 Å². The number of H-pyrrole nitrogens is 1. The van der Waals surface area contributed by atoms with Gasteiger partial charge in [-0.1, -0.05) is 47.5 Å². The Morgan fingerprint density at radius 3 is 2.92 bits per heavy atom. The Labute approximate surface area is 148 Å². The molecule has 0 spiro atoms. The van der Waals surface area contributed by atoms with Gasteiger partial charge in [0.2, 0.25) is 0 Å². The molecule has 0 aliphatic heterocycles. The first-order valence-electron chi connectivity index (χ1n) is 7.10. The van der Waals surface area contributed by atoms with Crippen LogP contribution in [0.5, 0.6) is 5.75 Å². The summed E-state index contributed by atoms with van der Waals surface area (Å²) in [5.41, 5.74) is 4.29. The maximum Gasteiger partial charge on any atom is 0.277 e. The van der Waals surface area contributed by atoms with Crippen molar-refractivity contribution in [1.29, 1.82) is 0 Å². The van der Waals surface area contributed by atoms with Crippen molar-refractivity contribution in [3.05, 3.63) is 64.3 Å². The highest BCUT2D eigenvalue weighted by Gasteiger charge is 2.08. The number of carbonyl (C=O) groups is 1. The third-order valence-electron chi connectivity index (χ3n) is 3.29. The van der Waals surface area contributed by atoms with Gasteiger partial charge in [0.25, 0.3) is 5.91 Å². The minimum atomic E-state index is -0.401. The van der Waals surface area contributed by atoms with Crippen LogP contribution < -0.4 is 10.2 Å². The summed E-state index contributed by atoms with van der Waals surface area (Å²) in [6.45, 7) is -0.217. The topological polar surface area (TPSA) is 66.5 Å². The molecule has 2 N–H and O–H groups in total. The number of ether oxygens (including phenoxy) is 1. The first-order valence-corrected chi connectivity index (χ1v) is 7.85. The van der Waals surface area contributed by atoms with Crippen LogP contribution in [-0.4, -0.2) is 23.7 Å². The molecule has 3 rings (SSSR count). The van der Waals surface area contributed by atoms with Crippen molar-refractivity contribution in [2.75, 3.05) is 6.61 Å². The van der Waals surface area contributed by atoms with Gasteiger partial charge < -0.3 is 9.72 Å². The molecule has 7 heteroatoms. The monoisotopic (exact) mass is 361 g/mol. The van der Waals surface area contributed by atoms with Crippen LogP contribution in [0.15, 0.2) is 53.8 Å². The van der Waals surface area contributed by atoms with Gasteiger partial charge in [-0.3, -0.25) is 4.79 Å². The van der Waals surface area contributed by atoms with E-state index in [-0.39, 0.29) is 11.6 Å². The van der Waals surface area contributed by atoms with E-state index in [9.17, 15) is 4.79 Å². The van der Waals surface area contributed by atoms with Crippen LogP contribution in [0, 0.1) is 0 Å². The molecule has 24 heavy (non-hydrogen) atoms. The molecule has 0 aliphatic carbocycles. The number of amides is 1. The molecule has 0 saturated carbocycles. The van der Waals surface area contributed by atoms with Crippen LogP contribution in [0.2, 0.25) is 10.0 Å². The van der Waals surface area contributed by atoms with Crippen molar-refractivity contribution in [2.45, 2.75) is 0 Å². The molecule has 0 fully saturated rings. The summed E-state index contributed by atoms with van der Waals surface area (Å²) in [4.78, 5) is 14.9. The highest BCUT2D eigenvalue weighted by molar-refractivity contribution is 6.42. The number of carbonyl (C=O) groups excluding carboxylic acids is 1. The predicted molar refractivity (Wildman–Crippen MR) is 96.0 cm³/mol. The summed E-state index contributed by atoms with van der Waals surface area (Å²) >= 11 is 11.9. The fourth-order valence-corrected chi connectivity index (χ4v) is 2.49. The van der Waals surface area contributed by atoms with Crippen molar-refractivity contribution >= 4 is 46.2 Å². The number of rotatable bonds is 5. The quantitative estimate of drug-likeness (QED) is 0.532. The van der Waals surface area contributed by atoms with Gasteiger partial charge in [-0.05, 0) is 18.2 Å². The number of fused-ring (bicyclic) bond motifs is 1. The first kappa shape index (κ1) is 16.4. The van der Waals surface area contributed by atoms with Crippen LogP contribution in [0.1, 0.15) is 5.56 Å². The Kier molecular flexibility index (Phi) is 5.03. The molecule has 0 saturated heterocycles. The Bertz CT molecular complexity index is 906. The van der Waals surface area contributed by atoms with Crippen molar-refractivity contribution in [2.24, 2.45) is 5.10 Å². The van der Waals surface area contributed by atoms with Crippen LogP contribution >= 0.6 is 23.2 Å². The van der Waals surface area contributed by atoms with Crippen LogP contribution in [-0.2, 0) is 4.79 Å². The molecular formula is C17H13Cl2N3O2. The van der Waals surface area contributed by atoms with Gasteiger partial charge in [0.1, 0.15) is 10.8 Å². The largest absolute Gasteiger partial charge is 0.482 e. The van der Waals surface area contributed by atoms with E-state index in [0.29, 0.717) is 10.8 Å². The SMILES string of the molecule is O=C(COc1cccc(Cl)c1Cl)N/N=C\c1c[nH]c2ccccc12. The van der Waals surface area contributed by atoms with E-state index in [2.05, 4.69) is 15.5 Å². The van der Waals surface area contributed by atoms with Crippen LogP contribution in [0.25, 0.3) is 10.9 Å². The Morgan fingerprint density at radius 2 is 2.04 bits per heavy atom. The molecule has 5 nitrogen and oxygen atoms in total. The summed E-state index contributed by atoms with van der Waals surface area (Å²) in [5.74, 6) is -0.0536. The molecule has 2 aromatic carbocycles. The molecular weight excluding hydrogens is 349 g/mol. The van der Waals surface area contributed by atoms with Crippen LogP contribution in [0.3, 0.4) is 0 Å². The summed E-state index contributed by atoms with van der Waals surface area (Å²) in [5, 5.41) is 5.60. The van der Waals surface area contributed by atoms with E-state index < -0.39 is 5.91 Å². The van der Waals surface area contributed by atoms with Gasteiger partial charge in [0.15, 0.2) is 6.61 Å². The number of aromatic nitrogens is 1. The van der Waals surface area contributed by atoms with E-state index in [1.54, 1.807) is 24.4 Å². The smallest absolute Gasteiger partial charge is 0.277 e. The number of aromatic amines is 1. The van der Waals surface area contributed by atoms with Gasteiger partial charge in [0, 0.05) is 22.7 Å². The molecule has 1 aromatic heterocycles. The molecule has 1 heterocycles. The molecule has 1 amide bonds. The highest BCUT2D eigenvalue weighted by atomic mass is 35.5. The molecule has 122 valence electrons. The number of nitrogens with one attached hydrogen (secondary N) is 2. The average molecular weight is 362 g/mol. The van der Waals surface area contributed by atoms with Crippen molar-refractivity contribution < 1.29 is 9.53 Å². The predicted octanol–water partition coefficient (Wildman–Crippen LogP) is 4.00. The number of hydrogen-bond donors (Lipinski definition) is 2. The van der Waals surface area contributed by atoms with Crippen molar-refractivity contribution in [1.82, 2.24) is 10.4 Å². The second kappa shape index (κ2) is 7.38. The lowest BCUT2D eigenvalue weighted by Crippen LogP contribution is -2.24. The zero-order valence-corrected chi connectivity index (χ0v) is 13.9. The van der Waals surface area contributed by atoms with Crippen molar-refractivity contribution in [3.63, 3.8) is 0 Å². The van der Waals surface area contributed by atoms with E-state index in [4.69, 9.17) is 27.9 Å². The molecule has 0 radical (unpaired) electrons. The van der Waals surface area contributed by atoms with E-state index in [1.165, 1.54) is 0 Å². The lowest BCUT2D eigenvalue weighted by atomic mass is 10.2. The zero-order chi connectivity index (χ0) is 16.9. The van der Waals surface area contributed by atoms with E-state index in [0.717, 1.165) is 16.5 Å². The number of hydrogen-bond acceptors (Lipinski definition) is 3. The van der Waals surface area contributed by atoms with E-state index >= 15 is 0 Å². The maximum absolute atomic E-state index is 11.8. The van der Waals surface area contributed by atoms with Gasteiger partial charge in [-0.25, -0.2) is 5.43 Å². The lowest BCUT2D eigenvalue weighted by molar-refractivity contribution is -0.123. The summed E-state index contributed by atoms with van der Waals surface area (Å²) in [7, 11) is 0. The first-order chi connectivity index (χ1) is 11.6. The second-order valence-electron chi connectivity index (χ2n) is 4.92. The molecule has 3 aromatic rings. The lowest BCUT2D eigenvalue weighted by Gasteiger charge is -2.07.